The fourth-order valence-corrected chi connectivity index (χ4v) is 3.71. The highest BCUT2D eigenvalue weighted by Crippen LogP contribution is 2.38. The van der Waals surface area contributed by atoms with Gasteiger partial charge in [0, 0.05) is 16.6 Å². The van der Waals surface area contributed by atoms with E-state index in [-0.39, 0.29) is 10.8 Å². The molecule has 2 bridgehead atoms. The number of hydrazone groups is 1. The van der Waals surface area contributed by atoms with E-state index >= 15 is 0 Å². The van der Waals surface area contributed by atoms with Crippen LogP contribution in [0.25, 0.3) is 0 Å². The first-order chi connectivity index (χ1) is 10.5. The highest BCUT2D eigenvalue weighted by atomic mass is 35.5. The third kappa shape index (κ3) is 3.37. The molecule has 3 N–H and O–H groups in total. The lowest BCUT2D eigenvalue weighted by atomic mass is 10.0. The third-order valence-corrected chi connectivity index (χ3v) is 4.74. The van der Waals surface area contributed by atoms with Crippen molar-refractivity contribution >= 4 is 46.7 Å². The van der Waals surface area contributed by atoms with Crippen LogP contribution in [0.15, 0.2) is 29.4 Å². The van der Waals surface area contributed by atoms with E-state index in [1.165, 1.54) is 18.7 Å². The van der Waals surface area contributed by atoms with Crippen LogP contribution in [0.3, 0.4) is 0 Å². The lowest BCUT2D eigenvalue weighted by molar-refractivity contribution is 0.474. The van der Waals surface area contributed by atoms with Crippen molar-refractivity contribution in [2.75, 3.05) is 0 Å². The van der Waals surface area contributed by atoms with Gasteiger partial charge in [-0.05, 0) is 49.0 Å². The van der Waals surface area contributed by atoms with Crippen molar-refractivity contribution in [1.29, 1.82) is 0 Å². The van der Waals surface area contributed by atoms with Gasteiger partial charge in [0.05, 0.1) is 11.2 Å². The molecule has 1 aromatic carbocycles. The molecule has 0 aromatic heterocycles. The van der Waals surface area contributed by atoms with Crippen LogP contribution in [0.4, 0.5) is 0 Å². The molecular weight excluding hydrogens is 341 g/mol. The molecule has 3 rings (SSSR count). The standard InChI is InChI=1S/C15H15Cl2N3OS/c16-11-5-10(14(21)12(17)6-11)7-18-20-15(22)19-13-4-8-1-2-9(13)3-8/h1-2,5-9,13,21H,3-4H2,(H2,19,20,22)/b18-7-/t8-,9+,13+/m1/s1. The fourth-order valence-electron chi connectivity index (χ4n) is 2.99. The summed E-state index contributed by atoms with van der Waals surface area (Å²) in [5, 5.41) is 18.2. The van der Waals surface area contributed by atoms with Gasteiger partial charge in [0.1, 0.15) is 5.75 Å². The summed E-state index contributed by atoms with van der Waals surface area (Å²) in [6, 6.07) is 3.42. The molecule has 4 nitrogen and oxygen atoms in total. The lowest BCUT2D eigenvalue weighted by Gasteiger charge is -2.20. The van der Waals surface area contributed by atoms with E-state index < -0.39 is 0 Å². The Labute approximate surface area is 144 Å². The van der Waals surface area contributed by atoms with Gasteiger partial charge in [0.15, 0.2) is 5.11 Å². The quantitative estimate of drug-likeness (QED) is 0.336. The lowest BCUT2D eigenvalue weighted by Crippen LogP contribution is -2.42. The number of allylic oxidation sites excluding steroid dienone is 1. The Bertz CT molecular complexity index is 662. The number of aromatic hydroxyl groups is 1. The minimum Gasteiger partial charge on any atom is -0.506 e. The van der Waals surface area contributed by atoms with E-state index in [0.717, 1.165) is 6.42 Å². The minimum atomic E-state index is -0.0614. The number of halogens is 2. The van der Waals surface area contributed by atoms with Gasteiger partial charge in [0.2, 0.25) is 0 Å². The number of rotatable bonds is 3. The van der Waals surface area contributed by atoms with Gasteiger partial charge in [-0.1, -0.05) is 35.4 Å². The van der Waals surface area contributed by atoms with Gasteiger partial charge in [-0.2, -0.15) is 5.10 Å². The summed E-state index contributed by atoms with van der Waals surface area (Å²) in [5.41, 5.74) is 3.18. The van der Waals surface area contributed by atoms with Crippen molar-refractivity contribution in [2.45, 2.75) is 18.9 Å². The predicted molar refractivity (Wildman–Crippen MR) is 93.7 cm³/mol. The van der Waals surface area contributed by atoms with Gasteiger partial charge in [-0.15, -0.1) is 0 Å². The average Bonchev–Trinajstić information content (AvgIpc) is 3.06. The molecule has 0 unspecified atom stereocenters. The van der Waals surface area contributed by atoms with Gasteiger partial charge < -0.3 is 10.4 Å². The van der Waals surface area contributed by atoms with E-state index in [9.17, 15) is 5.11 Å². The number of nitrogens with zero attached hydrogens (tertiary/aromatic N) is 1. The number of thiocarbonyl (C=S) groups is 1. The molecule has 0 aliphatic heterocycles. The van der Waals surface area contributed by atoms with E-state index in [4.69, 9.17) is 35.4 Å². The minimum absolute atomic E-state index is 0.0614. The average molecular weight is 356 g/mol. The van der Waals surface area contributed by atoms with Crippen molar-refractivity contribution < 1.29 is 5.11 Å². The first-order valence-electron chi connectivity index (χ1n) is 6.99. The zero-order valence-corrected chi connectivity index (χ0v) is 13.9. The number of phenolic OH excluding ortho intramolecular Hbond substituents is 1. The molecule has 22 heavy (non-hydrogen) atoms. The van der Waals surface area contributed by atoms with Gasteiger partial charge in [-0.25, -0.2) is 0 Å². The molecule has 7 heteroatoms. The number of fused-ring (bicyclic) bond motifs is 2. The van der Waals surface area contributed by atoms with Gasteiger partial charge in [0.25, 0.3) is 0 Å². The molecule has 0 spiro atoms. The summed E-state index contributed by atoms with van der Waals surface area (Å²) >= 11 is 17.0. The Morgan fingerprint density at radius 1 is 1.32 bits per heavy atom. The summed E-state index contributed by atoms with van der Waals surface area (Å²) in [5.74, 6) is 1.18. The van der Waals surface area contributed by atoms with Crippen LogP contribution in [0.1, 0.15) is 18.4 Å². The third-order valence-electron chi connectivity index (χ3n) is 4.02. The maximum Gasteiger partial charge on any atom is 0.187 e. The zero-order valence-electron chi connectivity index (χ0n) is 11.6. The monoisotopic (exact) mass is 355 g/mol. The van der Waals surface area contributed by atoms with Gasteiger partial charge in [-0.3, -0.25) is 5.43 Å². The van der Waals surface area contributed by atoms with Crippen LogP contribution < -0.4 is 10.7 Å². The van der Waals surface area contributed by atoms with E-state index in [1.54, 1.807) is 6.07 Å². The van der Waals surface area contributed by atoms with Crippen LogP contribution in [0.2, 0.25) is 10.0 Å². The Morgan fingerprint density at radius 3 is 2.82 bits per heavy atom. The summed E-state index contributed by atoms with van der Waals surface area (Å²) in [7, 11) is 0. The highest BCUT2D eigenvalue weighted by molar-refractivity contribution is 7.80. The number of phenols is 1. The molecule has 2 aliphatic carbocycles. The largest absolute Gasteiger partial charge is 0.506 e. The molecule has 0 saturated heterocycles. The van der Waals surface area contributed by atoms with Crippen molar-refractivity contribution in [3.8, 4) is 5.75 Å². The first-order valence-corrected chi connectivity index (χ1v) is 8.15. The Hall–Kier alpha value is -1.30. The van der Waals surface area contributed by atoms with Crippen LogP contribution in [0, 0.1) is 11.8 Å². The second-order valence-corrected chi connectivity index (χ2v) is 6.81. The summed E-state index contributed by atoms with van der Waals surface area (Å²) in [6.45, 7) is 0. The van der Waals surface area contributed by atoms with Crippen molar-refractivity contribution in [2.24, 2.45) is 16.9 Å². The van der Waals surface area contributed by atoms with E-state index in [0.29, 0.717) is 33.6 Å². The molecule has 1 fully saturated rings. The Kier molecular flexibility index (Phi) is 4.57. The molecule has 1 aromatic rings. The molecule has 0 amide bonds. The van der Waals surface area contributed by atoms with Crippen LogP contribution in [0.5, 0.6) is 5.75 Å². The van der Waals surface area contributed by atoms with Gasteiger partial charge >= 0.3 is 0 Å². The second kappa shape index (κ2) is 6.44. The van der Waals surface area contributed by atoms with Crippen LogP contribution >= 0.6 is 35.4 Å². The Balaban J connectivity index is 1.56. The SMILES string of the molecule is Oc1c(Cl)cc(Cl)cc1/C=N\NC(=S)N[C@H]1C[C@@H]2C=C[C@H]1C2. The molecule has 0 radical (unpaired) electrons. The number of hydrogen-bond acceptors (Lipinski definition) is 3. The van der Waals surface area contributed by atoms with Crippen LogP contribution in [-0.2, 0) is 0 Å². The van der Waals surface area contributed by atoms with Crippen molar-refractivity contribution in [3.63, 3.8) is 0 Å². The second-order valence-electron chi connectivity index (χ2n) is 5.56. The van der Waals surface area contributed by atoms with Crippen LogP contribution in [-0.4, -0.2) is 22.5 Å². The molecule has 0 heterocycles. The normalized spacial score (nSPS) is 25.8. The smallest absolute Gasteiger partial charge is 0.187 e. The summed E-state index contributed by atoms with van der Waals surface area (Å²) in [4.78, 5) is 0. The summed E-state index contributed by atoms with van der Waals surface area (Å²) in [6.07, 6.45) is 8.28. The highest BCUT2D eigenvalue weighted by Gasteiger charge is 2.35. The molecule has 3 atom stereocenters. The molecule has 1 saturated carbocycles. The zero-order chi connectivity index (χ0) is 15.7. The maximum atomic E-state index is 9.82. The van der Waals surface area contributed by atoms with Crippen molar-refractivity contribution in [3.05, 3.63) is 39.9 Å². The Morgan fingerprint density at radius 2 is 2.14 bits per heavy atom. The van der Waals surface area contributed by atoms with E-state index in [1.807, 2.05) is 0 Å². The van der Waals surface area contributed by atoms with E-state index in [2.05, 4.69) is 28.0 Å². The maximum absolute atomic E-state index is 9.82. The van der Waals surface area contributed by atoms with Crippen molar-refractivity contribution in [1.82, 2.24) is 10.7 Å². The molecule has 2 aliphatic rings. The first kappa shape index (κ1) is 15.6. The number of nitrogens with one attached hydrogen (secondary N) is 2. The number of hydrogen-bond donors (Lipinski definition) is 3. The topological polar surface area (TPSA) is 56.7 Å². The fraction of sp³-hybridized carbons (Fsp3) is 0.333. The summed E-state index contributed by atoms with van der Waals surface area (Å²) < 4.78 is 0. The predicted octanol–water partition coefficient (Wildman–Crippen LogP) is 3.46. The molecule has 116 valence electrons. The molecular formula is C15H15Cl2N3OS. The number of benzene rings is 1.